The molecule has 3 rings (SSSR count). The molecule has 5 atom stereocenters. The molecule has 0 radical (unpaired) electrons. The highest BCUT2D eigenvalue weighted by atomic mass is 79.9. The van der Waals surface area contributed by atoms with Gasteiger partial charge in [0.1, 0.15) is 24.4 Å². The van der Waals surface area contributed by atoms with Crippen LogP contribution in [0.4, 0.5) is 5.13 Å². The fourth-order valence-corrected chi connectivity index (χ4v) is 3.60. The molecule has 1 aliphatic rings. The zero-order chi connectivity index (χ0) is 18.8. The number of thiazole rings is 1. The van der Waals surface area contributed by atoms with E-state index in [1.54, 1.807) is 24.3 Å². The lowest BCUT2D eigenvalue weighted by molar-refractivity contribution is -0.221. The normalized spacial score (nSPS) is 28.7. The minimum atomic E-state index is -1.48. The van der Waals surface area contributed by atoms with Gasteiger partial charge in [-0.2, -0.15) is 0 Å². The minimum absolute atomic E-state index is 0.197. The summed E-state index contributed by atoms with van der Waals surface area (Å²) in [4.78, 5) is 16.9. The van der Waals surface area contributed by atoms with E-state index in [-0.39, 0.29) is 5.78 Å². The van der Waals surface area contributed by atoms with Gasteiger partial charge in [0.05, 0.1) is 17.7 Å². The highest BCUT2D eigenvalue weighted by Gasteiger charge is 2.43. The van der Waals surface area contributed by atoms with E-state index in [2.05, 4.69) is 26.2 Å². The number of carbonyl (C=O) groups is 1. The molecule has 8 nitrogen and oxygen atoms in total. The molecule has 10 heteroatoms. The molecule has 1 fully saturated rings. The summed E-state index contributed by atoms with van der Waals surface area (Å²) in [6.45, 7) is -0.520. The second kappa shape index (κ2) is 8.09. The standard InChI is InChI=1S/C16H17BrN2O6S/c17-8-3-1-7(2-4-8)11(21)10-5-18-16(26-10)19-15-14(24)13(23)12(22)9(6-20)25-15/h1-5,9,12-15,20,22-24H,6H2,(H,18,19)/t9-,12-,13+,14+,15+/m1/s1. The van der Waals surface area contributed by atoms with Crippen molar-refractivity contribution in [2.75, 3.05) is 11.9 Å². The Morgan fingerprint density at radius 1 is 1.19 bits per heavy atom. The van der Waals surface area contributed by atoms with E-state index in [9.17, 15) is 25.2 Å². The summed E-state index contributed by atoms with van der Waals surface area (Å²) >= 11 is 4.38. The van der Waals surface area contributed by atoms with Gasteiger partial charge < -0.3 is 30.5 Å². The first kappa shape index (κ1) is 19.4. The monoisotopic (exact) mass is 444 g/mol. The molecular weight excluding hydrogens is 428 g/mol. The lowest BCUT2D eigenvalue weighted by atomic mass is 9.98. The molecule has 0 amide bonds. The van der Waals surface area contributed by atoms with Crippen LogP contribution in [0.5, 0.6) is 0 Å². The van der Waals surface area contributed by atoms with E-state index < -0.39 is 37.3 Å². The molecule has 0 aliphatic carbocycles. The van der Waals surface area contributed by atoms with E-state index in [0.717, 1.165) is 15.8 Å². The van der Waals surface area contributed by atoms with E-state index in [0.29, 0.717) is 15.6 Å². The molecule has 1 aromatic carbocycles. The number of hydrogen-bond donors (Lipinski definition) is 5. The number of aromatic nitrogens is 1. The van der Waals surface area contributed by atoms with Crippen molar-refractivity contribution < 1.29 is 30.0 Å². The predicted octanol–water partition coefficient (Wildman–Crippen LogP) is 0.348. The summed E-state index contributed by atoms with van der Waals surface area (Å²) in [5.41, 5.74) is 0.510. The van der Waals surface area contributed by atoms with E-state index in [1.807, 2.05) is 0 Å². The summed E-state index contributed by atoms with van der Waals surface area (Å²) in [6.07, 6.45) is -5.05. The third-order valence-corrected chi connectivity index (χ3v) is 5.45. The van der Waals surface area contributed by atoms with Crippen LogP contribution in [-0.4, -0.2) is 68.4 Å². The van der Waals surface area contributed by atoms with Crippen LogP contribution in [0.25, 0.3) is 0 Å². The Hall–Kier alpha value is -1.40. The molecular formula is C16H17BrN2O6S. The van der Waals surface area contributed by atoms with Crippen LogP contribution in [0.2, 0.25) is 0 Å². The third kappa shape index (κ3) is 3.96. The average molecular weight is 445 g/mol. The first-order chi connectivity index (χ1) is 12.4. The zero-order valence-corrected chi connectivity index (χ0v) is 15.7. The maximum absolute atomic E-state index is 12.5. The molecule has 26 heavy (non-hydrogen) atoms. The molecule has 0 spiro atoms. The van der Waals surface area contributed by atoms with Gasteiger partial charge in [0, 0.05) is 10.0 Å². The number of ether oxygens (including phenoxy) is 1. The Bertz CT molecular complexity index is 768. The molecule has 1 aliphatic heterocycles. The second-order valence-electron chi connectivity index (χ2n) is 5.76. The molecule has 0 saturated carbocycles. The quantitative estimate of drug-likeness (QED) is 0.417. The Morgan fingerprint density at radius 3 is 2.54 bits per heavy atom. The van der Waals surface area contributed by atoms with Crippen molar-refractivity contribution in [3.63, 3.8) is 0 Å². The number of aliphatic hydroxyl groups excluding tert-OH is 4. The Labute approximate surface area is 161 Å². The van der Waals surface area contributed by atoms with Gasteiger partial charge in [-0.1, -0.05) is 27.3 Å². The van der Waals surface area contributed by atoms with Crippen molar-refractivity contribution in [1.82, 2.24) is 4.98 Å². The Balaban J connectivity index is 1.71. The molecule has 0 unspecified atom stereocenters. The van der Waals surface area contributed by atoms with Crippen molar-refractivity contribution in [2.24, 2.45) is 0 Å². The lowest BCUT2D eigenvalue weighted by Gasteiger charge is -2.40. The van der Waals surface area contributed by atoms with Crippen LogP contribution in [0, 0.1) is 0 Å². The average Bonchev–Trinajstić information content (AvgIpc) is 3.11. The number of ketones is 1. The van der Waals surface area contributed by atoms with Gasteiger partial charge in [0.2, 0.25) is 5.78 Å². The fraction of sp³-hybridized carbons (Fsp3) is 0.375. The smallest absolute Gasteiger partial charge is 0.204 e. The maximum atomic E-state index is 12.5. The maximum Gasteiger partial charge on any atom is 0.204 e. The van der Waals surface area contributed by atoms with Crippen LogP contribution in [0.3, 0.4) is 0 Å². The number of nitrogens with one attached hydrogen (secondary N) is 1. The third-order valence-electron chi connectivity index (χ3n) is 3.99. The number of nitrogens with zero attached hydrogens (tertiary/aromatic N) is 1. The number of rotatable bonds is 5. The number of hydrogen-bond acceptors (Lipinski definition) is 9. The lowest BCUT2D eigenvalue weighted by Crippen LogP contribution is -2.60. The first-order valence-corrected chi connectivity index (χ1v) is 9.35. The van der Waals surface area contributed by atoms with Gasteiger partial charge in [-0.05, 0) is 24.3 Å². The zero-order valence-electron chi connectivity index (χ0n) is 13.3. The number of anilines is 1. The fourth-order valence-electron chi connectivity index (χ4n) is 2.53. The highest BCUT2D eigenvalue weighted by Crippen LogP contribution is 2.26. The van der Waals surface area contributed by atoms with Crippen molar-refractivity contribution >= 4 is 38.2 Å². The van der Waals surface area contributed by atoms with Crippen molar-refractivity contribution in [2.45, 2.75) is 30.6 Å². The Morgan fingerprint density at radius 2 is 1.88 bits per heavy atom. The summed E-state index contributed by atoms with van der Waals surface area (Å²) < 4.78 is 6.22. The summed E-state index contributed by atoms with van der Waals surface area (Å²) in [5.74, 6) is -0.197. The summed E-state index contributed by atoms with van der Waals surface area (Å²) in [7, 11) is 0. The van der Waals surface area contributed by atoms with Crippen molar-refractivity contribution in [3.8, 4) is 0 Å². The highest BCUT2D eigenvalue weighted by molar-refractivity contribution is 9.10. The van der Waals surface area contributed by atoms with Crippen LogP contribution >= 0.6 is 27.3 Å². The van der Waals surface area contributed by atoms with E-state index in [1.165, 1.54) is 6.20 Å². The largest absolute Gasteiger partial charge is 0.394 e. The SMILES string of the molecule is O=C(c1ccc(Br)cc1)c1cnc(N[C@H]2O[C@H](CO)[C@@H](O)[C@H](O)[C@@H]2O)s1. The van der Waals surface area contributed by atoms with Gasteiger partial charge in [-0.15, -0.1) is 0 Å². The van der Waals surface area contributed by atoms with Gasteiger partial charge in [-0.3, -0.25) is 4.79 Å². The molecule has 5 N–H and O–H groups in total. The number of benzene rings is 1. The topological polar surface area (TPSA) is 132 Å². The van der Waals surface area contributed by atoms with Gasteiger partial charge in [0.15, 0.2) is 11.4 Å². The number of carbonyl (C=O) groups excluding carboxylic acids is 1. The van der Waals surface area contributed by atoms with Gasteiger partial charge in [-0.25, -0.2) is 4.98 Å². The second-order valence-corrected chi connectivity index (χ2v) is 7.71. The molecule has 1 aromatic heterocycles. The number of halogens is 1. The van der Waals surface area contributed by atoms with Crippen LogP contribution in [0.15, 0.2) is 34.9 Å². The van der Waals surface area contributed by atoms with Crippen LogP contribution in [-0.2, 0) is 4.74 Å². The molecule has 1 saturated heterocycles. The Kier molecular flexibility index (Phi) is 6.03. The van der Waals surface area contributed by atoms with E-state index >= 15 is 0 Å². The van der Waals surface area contributed by atoms with Crippen molar-refractivity contribution in [1.29, 1.82) is 0 Å². The predicted molar refractivity (Wildman–Crippen MR) is 97.1 cm³/mol. The van der Waals surface area contributed by atoms with E-state index in [4.69, 9.17) is 4.74 Å². The van der Waals surface area contributed by atoms with Gasteiger partial charge >= 0.3 is 0 Å². The molecule has 140 valence electrons. The van der Waals surface area contributed by atoms with Crippen LogP contribution in [0.1, 0.15) is 15.2 Å². The number of aliphatic hydroxyl groups is 4. The van der Waals surface area contributed by atoms with Crippen LogP contribution < -0.4 is 5.32 Å². The molecule has 2 aromatic rings. The van der Waals surface area contributed by atoms with Crippen molar-refractivity contribution in [3.05, 3.63) is 45.4 Å². The summed E-state index contributed by atoms with van der Waals surface area (Å²) in [6, 6.07) is 6.91. The molecule has 2 heterocycles. The summed E-state index contributed by atoms with van der Waals surface area (Å²) in [5, 5.41) is 41.9. The molecule has 0 bridgehead atoms. The minimum Gasteiger partial charge on any atom is -0.394 e. The first-order valence-electron chi connectivity index (χ1n) is 7.74. The van der Waals surface area contributed by atoms with Gasteiger partial charge in [0.25, 0.3) is 0 Å².